The largest absolute Gasteiger partial charge is 0.464 e. The molecule has 0 atom stereocenters. The third-order valence-corrected chi connectivity index (χ3v) is 4.29. The Labute approximate surface area is 153 Å². The van der Waals surface area contributed by atoms with Gasteiger partial charge in [-0.25, -0.2) is 9.78 Å². The molecular formula is C22H22N2O2. The van der Waals surface area contributed by atoms with E-state index < -0.39 is 5.97 Å². The van der Waals surface area contributed by atoms with Gasteiger partial charge in [0.05, 0.1) is 24.2 Å². The first-order valence-corrected chi connectivity index (χ1v) is 8.64. The van der Waals surface area contributed by atoms with Crippen LogP contribution in [0.15, 0.2) is 54.6 Å². The molecule has 0 radical (unpaired) electrons. The third-order valence-electron chi connectivity index (χ3n) is 4.29. The van der Waals surface area contributed by atoms with Crippen LogP contribution in [0, 0.1) is 6.92 Å². The molecule has 0 amide bonds. The maximum absolute atomic E-state index is 12.0. The van der Waals surface area contributed by atoms with E-state index >= 15 is 0 Å². The van der Waals surface area contributed by atoms with Crippen molar-refractivity contribution >= 4 is 5.97 Å². The number of aryl methyl sites for hydroxylation is 1. The number of rotatable bonds is 4. The Kier molecular flexibility index (Phi) is 5.12. The van der Waals surface area contributed by atoms with Crippen LogP contribution in [0.25, 0.3) is 22.4 Å². The second kappa shape index (κ2) is 7.48. The Morgan fingerprint density at radius 2 is 1.46 bits per heavy atom. The second-order valence-corrected chi connectivity index (χ2v) is 6.48. The van der Waals surface area contributed by atoms with Gasteiger partial charge in [0.1, 0.15) is 0 Å². The Bertz CT molecular complexity index is 917. The second-order valence-electron chi connectivity index (χ2n) is 6.48. The Balaban J connectivity index is 2.08. The molecule has 26 heavy (non-hydrogen) atoms. The molecule has 3 aromatic rings. The number of benzene rings is 2. The first-order valence-electron chi connectivity index (χ1n) is 8.64. The highest BCUT2D eigenvalue weighted by Crippen LogP contribution is 2.29. The fraction of sp³-hybridized carbons (Fsp3) is 0.227. The summed E-state index contributed by atoms with van der Waals surface area (Å²) in [7, 11) is 1.36. The van der Waals surface area contributed by atoms with E-state index in [4.69, 9.17) is 4.74 Å². The molecule has 0 aliphatic rings. The van der Waals surface area contributed by atoms with Crippen molar-refractivity contribution in [3.8, 4) is 22.4 Å². The quantitative estimate of drug-likeness (QED) is 0.622. The van der Waals surface area contributed by atoms with E-state index in [0.717, 1.165) is 28.1 Å². The summed E-state index contributed by atoms with van der Waals surface area (Å²) < 4.78 is 4.84. The Morgan fingerprint density at radius 3 is 2.04 bits per heavy atom. The van der Waals surface area contributed by atoms with Gasteiger partial charge in [-0.1, -0.05) is 68.4 Å². The molecule has 1 heterocycles. The van der Waals surface area contributed by atoms with Crippen LogP contribution >= 0.6 is 0 Å². The molecule has 0 aliphatic heterocycles. The van der Waals surface area contributed by atoms with Crippen LogP contribution in [0.5, 0.6) is 0 Å². The zero-order valence-corrected chi connectivity index (χ0v) is 15.5. The average molecular weight is 346 g/mol. The summed E-state index contributed by atoms with van der Waals surface area (Å²) in [4.78, 5) is 21.2. The van der Waals surface area contributed by atoms with Crippen molar-refractivity contribution in [3.63, 3.8) is 0 Å². The van der Waals surface area contributed by atoms with Crippen molar-refractivity contribution in [1.29, 1.82) is 0 Å². The van der Waals surface area contributed by atoms with E-state index in [-0.39, 0.29) is 11.6 Å². The van der Waals surface area contributed by atoms with Gasteiger partial charge >= 0.3 is 5.97 Å². The standard InChI is InChI=1S/C22H22N2O2/c1-14(2)19-21(24-20(15(3)23-19)22(25)26-4)18-12-10-17(11-13-18)16-8-6-5-7-9-16/h5-14H,1-4H3. The fourth-order valence-corrected chi connectivity index (χ4v) is 2.89. The molecule has 4 heteroatoms. The molecule has 0 bridgehead atoms. The van der Waals surface area contributed by atoms with Gasteiger partial charge in [-0.05, 0) is 24.0 Å². The molecule has 2 aromatic carbocycles. The Morgan fingerprint density at radius 1 is 0.885 bits per heavy atom. The van der Waals surface area contributed by atoms with E-state index in [1.807, 2.05) is 30.3 Å². The molecule has 132 valence electrons. The smallest absolute Gasteiger partial charge is 0.358 e. The van der Waals surface area contributed by atoms with E-state index in [2.05, 4.69) is 48.1 Å². The summed E-state index contributed by atoms with van der Waals surface area (Å²) in [5.41, 5.74) is 5.69. The number of esters is 1. The minimum atomic E-state index is -0.465. The molecule has 0 aliphatic carbocycles. The minimum Gasteiger partial charge on any atom is -0.464 e. The predicted molar refractivity (Wildman–Crippen MR) is 103 cm³/mol. The zero-order chi connectivity index (χ0) is 18.7. The van der Waals surface area contributed by atoms with E-state index in [1.165, 1.54) is 7.11 Å². The fourth-order valence-electron chi connectivity index (χ4n) is 2.89. The van der Waals surface area contributed by atoms with Crippen LogP contribution in [0.4, 0.5) is 0 Å². The molecule has 0 saturated carbocycles. The van der Waals surface area contributed by atoms with Crippen LogP contribution in [-0.4, -0.2) is 23.0 Å². The molecule has 1 aromatic heterocycles. The van der Waals surface area contributed by atoms with Gasteiger partial charge in [0.25, 0.3) is 0 Å². The molecule has 4 nitrogen and oxygen atoms in total. The number of aromatic nitrogens is 2. The first kappa shape index (κ1) is 17.8. The number of nitrogens with zero attached hydrogens (tertiary/aromatic N) is 2. The Hall–Kier alpha value is -3.01. The highest BCUT2D eigenvalue weighted by atomic mass is 16.5. The van der Waals surface area contributed by atoms with Crippen molar-refractivity contribution < 1.29 is 9.53 Å². The minimum absolute atomic E-state index is 0.191. The van der Waals surface area contributed by atoms with Gasteiger partial charge in [0.2, 0.25) is 0 Å². The molecule has 0 unspecified atom stereocenters. The van der Waals surface area contributed by atoms with Crippen LogP contribution in [0.1, 0.15) is 41.6 Å². The number of carbonyl (C=O) groups is 1. The number of carbonyl (C=O) groups excluding carboxylic acids is 1. The number of hydrogen-bond acceptors (Lipinski definition) is 4. The van der Waals surface area contributed by atoms with Crippen LogP contribution < -0.4 is 0 Å². The highest BCUT2D eigenvalue weighted by Gasteiger charge is 2.20. The van der Waals surface area contributed by atoms with E-state index in [9.17, 15) is 4.79 Å². The summed E-state index contributed by atoms with van der Waals surface area (Å²) in [5, 5.41) is 0. The van der Waals surface area contributed by atoms with Gasteiger partial charge in [-0.2, -0.15) is 0 Å². The summed E-state index contributed by atoms with van der Waals surface area (Å²) in [6.45, 7) is 5.93. The van der Waals surface area contributed by atoms with Crippen molar-refractivity contribution in [3.05, 3.63) is 71.7 Å². The lowest BCUT2D eigenvalue weighted by atomic mass is 9.99. The van der Waals surface area contributed by atoms with Gasteiger partial charge in [-0.3, -0.25) is 4.98 Å². The zero-order valence-electron chi connectivity index (χ0n) is 15.5. The summed E-state index contributed by atoms with van der Waals surface area (Å²) in [6, 6.07) is 18.4. The van der Waals surface area contributed by atoms with Crippen molar-refractivity contribution in [1.82, 2.24) is 9.97 Å². The molecule has 0 saturated heterocycles. The van der Waals surface area contributed by atoms with Gasteiger partial charge < -0.3 is 4.74 Å². The molecule has 0 fully saturated rings. The van der Waals surface area contributed by atoms with Crippen molar-refractivity contribution in [2.75, 3.05) is 7.11 Å². The molecule has 3 rings (SSSR count). The number of methoxy groups -OCH3 is 1. The average Bonchev–Trinajstić information content (AvgIpc) is 2.68. The maximum Gasteiger partial charge on any atom is 0.358 e. The summed E-state index contributed by atoms with van der Waals surface area (Å²) >= 11 is 0. The van der Waals surface area contributed by atoms with Crippen LogP contribution in [0.3, 0.4) is 0 Å². The van der Waals surface area contributed by atoms with Gasteiger partial charge in [0.15, 0.2) is 5.69 Å². The van der Waals surface area contributed by atoms with Crippen molar-refractivity contribution in [2.24, 2.45) is 0 Å². The summed E-state index contributed by atoms with van der Waals surface area (Å²) in [6.07, 6.45) is 0. The maximum atomic E-state index is 12.0. The highest BCUT2D eigenvalue weighted by molar-refractivity contribution is 5.89. The van der Waals surface area contributed by atoms with E-state index in [0.29, 0.717) is 5.69 Å². The normalized spacial score (nSPS) is 10.8. The van der Waals surface area contributed by atoms with E-state index in [1.54, 1.807) is 6.92 Å². The summed E-state index contributed by atoms with van der Waals surface area (Å²) in [5.74, 6) is -0.274. The van der Waals surface area contributed by atoms with Crippen molar-refractivity contribution in [2.45, 2.75) is 26.7 Å². The number of ether oxygens (including phenoxy) is 1. The number of hydrogen-bond donors (Lipinski definition) is 0. The van der Waals surface area contributed by atoms with Gasteiger partial charge in [0, 0.05) is 5.56 Å². The lowest BCUT2D eigenvalue weighted by Crippen LogP contribution is -2.12. The lowest BCUT2D eigenvalue weighted by Gasteiger charge is -2.14. The molecular weight excluding hydrogens is 324 g/mol. The van der Waals surface area contributed by atoms with Crippen LogP contribution in [0.2, 0.25) is 0 Å². The van der Waals surface area contributed by atoms with Crippen LogP contribution in [-0.2, 0) is 4.74 Å². The SMILES string of the molecule is COC(=O)c1nc(-c2ccc(-c3ccccc3)cc2)c(C(C)C)nc1C. The molecule has 0 N–H and O–H groups in total. The van der Waals surface area contributed by atoms with Gasteiger partial charge in [-0.15, -0.1) is 0 Å². The lowest BCUT2D eigenvalue weighted by molar-refractivity contribution is 0.0592. The third kappa shape index (κ3) is 3.49. The molecule has 0 spiro atoms. The predicted octanol–water partition coefficient (Wildman–Crippen LogP) is 5.03. The topological polar surface area (TPSA) is 52.1 Å². The monoisotopic (exact) mass is 346 g/mol. The first-order chi connectivity index (χ1) is 12.5.